The molecule has 1 heterocycles. The Balaban J connectivity index is 2.10. The van der Waals surface area contributed by atoms with E-state index in [2.05, 4.69) is 20.9 Å². The minimum absolute atomic E-state index is 0.000575. The van der Waals surface area contributed by atoms with E-state index in [1.807, 2.05) is 25.1 Å². The van der Waals surface area contributed by atoms with E-state index in [4.69, 9.17) is 0 Å². The van der Waals surface area contributed by atoms with Crippen LogP contribution in [-0.2, 0) is 16.6 Å². The molecule has 1 N–H and O–H groups in total. The Morgan fingerprint density at radius 1 is 1.37 bits per heavy atom. The number of benzene rings is 1. The molecular formula is C12H16N4O2S. The number of nitrogens with zero attached hydrogens (tertiary/aromatic N) is 3. The standard InChI is InChI=1S/C12H16N4O2S/c1-3-19(17,18)15-12-13-9-16(14-12)8-11-6-4-5-10(2)7-11/h4-7,9H,3,8H2,1-2H3,(H,14,15). The van der Waals surface area contributed by atoms with Gasteiger partial charge < -0.3 is 0 Å². The summed E-state index contributed by atoms with van der Waals surface area (Å²) in [6.07, 6.45) is 1.51. The number of rotatable bonds is 5. The number of hydrogen-bond donors (Lipinski definition) is 1. The highest BCUT2D eigenvalue weighted by atomic mass is 32.2. The van der Waals surface area contributed by atoms with Crippen molar-refractivity contribution in [2.45, 2.75) is 20.4 Å². The van der Waals surface area contributed by atoms with Gasteiger partial charge in [-0.25, -0.2) is 17.8 Å². The fraction of sp³-hybridized carbons (Fsp3) is 0.333. The molecule has 6 nitrogen and oxygen atoms in total. The molecule has 0 unspecified atom stereocenters. The summed E-state index contributed by atoms with van der Waals surface area (Å²) >= 11 is 0. The van der Waals surface area contributed by atoms with E-state index < -0.39 is 10.0 Å². The van der Waals surface area contributed by atoms with Gasteiger partial charge in [-0.15, -0.1) is 5.10 Å². The lowest BCUT2D eigenvalue weighted by Crippen LogP contribution is -2.15. The third kappa shape index (κ3) is 3.78. The van der Waals surface area contributed by atoms with Gasteiger partial charge in [0.05, 0.1) is 12.3 Å². The number of nitrogens with one attached hydrogen (secondary N) is 1. The van der Waals surface area contributed by atoms with Crippen molar-refractivity contribution in [3.63, 3.8) is 0 Å². The van der Waals surface area contributed by atoms with Crippen LogP contribution in [0.3, 0.4) is 0 Å². The maximum absolute atomic E-state index is 11.4. The Labute approximate surface area is 112 Å². The summed E-state index contributed by atoms with van der Waals surface area (Å²) in [6, 6.07) is 8.04. The summed E-state index contributed by atoms with van der Waals surface area (Å²) in [4.78, 5) is 3.93. The Hall–Kier alpha value is -1.89. The Bertz CT molecular complexity index is 664. The lowest BCUT2D eigenvalue weighted by atomic mass is 10.1. The van der Waals surface area contributed by atoms with E-state index in [0.29, 0.717) is 6.54 Å². The van der Waals surface area contributed by atoms with Crippen molar-refractivity contribution in [3.05, 3.63) is 41.7 Å². The van der Waals surface area contributed by atoms with Crippen LogP contribution in [0.2, 0.25) is 0 Å². The molecule has 1 aromatic heterocycles. The molecule has 0 fully saturated rings. The summed E-state index contributed by atoms with van der Waals surface area (Å²) in [5.74, 6) is 0.105. The van der Waals surface area contributed by atoms with Gasteiger partial charge in [-0.3, -0.25) is 0 Å². The molecule has 2 rings (SSSR count). The Morgan fingerprint density at radius 3 is 2.84 bits per heavy atom. The molecule has 0 aliphatic rings. The first-order chi connectivity index (χ1) is 8.98. The average molecular weight is 280 g/mol. The van der Waals surface area contributed by atoms with E-state index in [1.54, 1.807) is 11.6 Å². The number of aryl methyl sites for hydroxylation is 1. The minimum Gasteiger partial charge on any atom is -0.250 e. The number of aromatic nitrogens is 3. The third-order valence-electron chi connectivity index (χ3n) is 2.59. The van der Waals surface area contributed by atoms with Crippen LogP contribution in [0, 0.1) is 6.92 Å². The largest absolute Gasteiger partial charge is 0.255 e. The molecule has 0 atom stereocenters. The van der Waals surface area contributed by atoms with Crippen molar-refractivity contribution in [2.75, 3.05) is 10.5 Å². The lowest BCUT2D eigenvalue weighted by molar-refractivity contribution is 0.601. The Kier molecular flexibility index (Phi) is 3.84. The van der Waals surface area contributed by atoms with E-state index >= 15 is 0 Å². The van der Waals surface area contributed by atoms with Gasteiger partial charge in [0.15, 0.2) is 0 Å². The van der Waals surface area contributed by atoms with Gasteiger partial charge in [-0.2, -0.15) is 4.98 Å². The predicted octanol–water partition coefficient (Wildman–Crippen LogP) is 1.40. The van der Waals surface area contributed by atoms with Gasteiger partial charge in [-0.05, 0) is 19.4 Å². The first-order valence-corrected chi connectivity index (χ1v) is 7.59. The lowest BCUT2D eigenvalue weighted by Gasteiger charge is -2.02. The highest BCUT2D eigenvalue weighted by molar-refractivity contribution is 7.92. The zero-order valence-corrected chi connectivity index (χ0v) is 11.7. The van der Waals surface area contributed by atoms with Crippen LogP contribution in [-0.4, -0.2) is 28.9 Å². The van der Waals surface area contributed by atoms with Gasteiger partial charge in [0.1, 0.15) is 6.33 Å². The van der Waals surface area contributed by atoms with Crippen molar-refractivity contribution in [3.8, 4) is 0 Å². The molecular weight excluding hydrogens is 264 g/mol. The van der Waals surface area contributed by atoms with Gasteiger partial charge in [0.2, 0.25) is 10.0 Å². The average Bonchev–Trinajstić information content (AvgIpc) is 2.76. The SMILES string of the molecule is CCS(=O)(=O)Nc1ncn(Cc2cccc(C)c2)n1. The van der Waals surface area contributed by atoms with Crippen molar-refractivity contribution in [1.29, 1.82) is 0 Å². The van der Waals surface area contributed by atoms with Crippen LogP contribution in [0.1, 0.15) is 18.1 Å². The zero-order valence-electron chi connectivity index (χ0n) is 10.9. The molecule has 1 aromatic carbocycles. The molecule has 2 aromatic rings. The first-order valence-electron chi connectivity index (χ1n) is 5.94. The smallest absolute Gasteiger partial charge is 0.250 e. The number of hydrogen-bond acceptors (Lipinski definition) is 4. The summed E-state index contributed by atoms with van der Waals surface area (Å²) in [5, 5.41) is 4.08. The van der Waals surface area contributed by atoms with Crippen molar-refractivity contribution in [1.82, 2.24) is 14.8 Å². The van der Waals surface area contributed by atoms with Gasteiger partial charge >= 0.3 is 0 Å². The van der Waals surface area contributed by atoms with E-state index in [-0.39, 0.29) is 11.7 Å². The van der Waals surface area contributed by atoms with E-state index in [0.717, 1.165) is 5.56 Å². The fourth-order valence-electron chi connectivity index (χ4n) is 1.63. The predicted molar refractivity (Wildman–Crippen MR) is 73.4 cm³/mol. The van der Waals surface area contributed by atoms with Crippen molar-refractivity contribution >= 4 is 16.0 Å². The maximum atomic E-state index is 11.4. The molecule has 19 heavy (non-hydrogen) atoms. The highest BCUT2D eigenvalue weighted by Gasteiger charge is 2.10. The molecule has 0 aliphatic carbocycles. The van der Waals surface area contributed by atoms with Crippen molar-refractivity contribution in [2.24, 2.45) is 0 Å². The van der Waals surface area contributed by atoms with Gasteiger partial charge in [0, 0.05) is 0 Å². The topological polar surface area (TPSA) is 76.9 Å². The van der Waals surface area contributed by atoms with E-state index in [1.165, 1.54) is 11.9 Å². The minimum atomic E-state index is -3.33. The highest BCUT2D eigenvalue weighted by Crippen LogP contribution is 2.07. The second-order valence-electron chi connectivity index (χ2n) is 4.26. The summed E-state index contributed by atoms with van der Waals surface area (Å²) in [5.41, 5.74) is 2.26. The quantitative estimate of drug-likeness (QED) is 0.898. The van der Waals surface area contributed by atoms with Crippen LogP contribution in [0.4, 0.5) is 5.95 Å². The fourth-order valence-corrected chi connectivity index (χ4v) is 2.14. The Morgan fingerprint density at radius 2 is 2.16 bits per heavy atom. The molecule has 0 spiro atoms. The van der Waals surface area contributed by atoms with E-state index in [9.17, 15) is 8.42 Å². The molecule has 0 saturated carbocycles. The monoisotopic (exact) mass is 280 g/mol. The van der Waals surface area contributed by atoms with Crippen LogP contribution < -0.4 is 4.72 Å². The van der Waals surface area contributed by atoms with Crippen LogP contribution in [0.25, 0.3) is 0 Å². The molecule has 0 aliphatic heterocycles. The maximum Gasteiger partial charge on any atom is 0.255 e. The molecule has 0 radical (unpaired) electrons. The van der Waals surface area contributed by atoms with Crippen LogP contribution >= 0.6 is 0 Å². The summed E-state index contributed by atoms with van der Waals surface area (Å²) in [6.45, 7) is 4.14. The van der Waals surface area contributed by atoms with Crippen LogP contribution in [0.5, 0.6) is 0 Å². The first kappa shape index (κ1) is 13.5. The third-order valence-corrected chi connectivity index (χ3v) is 3.84. The molecule has 0 bridgehead atoms. The summed E-state index contributed by atoms with van der Waals surface area (Å²) in [7, 11) is -3.33. The molecule has 0 amide bonds. The number of sulfonamides is 1. The summed E-state index contributed by atoms with van der Waals surface area (Å²) < 4.78 is 26.7. The second kappa shape index (κ2) is 5.40. The zero-order chi connectivity index (χ0) is 13.9. The molecule has 0 saturated heterocycles. The van der Waals surface area contributed by atoms with Crippen molar-refractivity contribution < 1.29 is 8.42 Å². The van der Waals surface area contributed by atoms with Gasteiger partial charge in [-0.1, -0.05) is 29.8 Å². The normalized spacial score (nSPS) is 11.5. The van der Waals surface area contributed by atoms with Gasteiger partial charge in [0.25, 0.3) is 5.95 Å². The molecule has 102 valence electrons. The molecule has 7 heteroatoms. The van der Waals surface area contributed by atoms with Crippen LogP contribution in [0.15, 0.2) is 30.6 Å². The second-order valence-corrected chi connectivity index (χ2v) is 6.27. The number of anilines is 1.